The molecule has 112 valence electrons. The van der Waals surface area contributed by atoms with E-state index in [2.05, 4.69) is 15.5 Å². The largest absolute Gasteiger partial charge is 0.325 e. The van der Waals surface area contributed by atoms with Crippen molar-refractivity contribution in [2.75, 3.05) is 32.0 Å². The third-order valence-electron chi connectivity index (χ3n) is 3.39. The van der Waals surface area contributed by atoms with Gasteiger partial charge in [-0.05, 0) is 44.6 Å². The number of hydrogen-bond donors (Lipinski definition) is 2. The molecule has 1 unspecified atom stereocenters. The molecule has 1 heterocycles. The van der Waals surface area contributed by atoms with Gasteiger partial charge in [-0.1, -0.05) is 17.7 Å². The van der Waals surface area contributed by atoms with Crippen molar-refractivity contribution in [1.82, 2.24) is 10.2 Å². The summed E-state index contributed by atoms with van der Waals surface area (Å²) >= 11 is 5.89. The first-order valence-corrected chi connectivity index (χ1v) is 7.01. The van der Waals surface area contributed by atoms with Crippen molar-refractivity contribution in [2.24, 2.45) is 0 Å². The van der Waals surface area contributed by atoms with E-state index in [0.717, 1.165) is 31.6 Å². The van der Waals surface area contributed by atoms with Gasteiger partial charge in [0.1, 0.15) is 0 Å². The molecule has 2 rings (SSSR count). The number of nitrogens with one attached hydrogen (secondary N) is 2. The summed E-state index contributed by atoms with van der Waals surface area (Å²) in [4.78, 5) is 14.2. The van der Waals surface area contributed by atoms with Crippen LogP contribution in [-0.4, -0.2) is 43.5 Å². The lowest BCUT2D eigenvalue weighted by molar-refractivity contribution is -0.117. The molecule has 0 radical (unpaired) electrons. The van der Waals surface area contributed by atoms with Crippen LogP contribution in [0.1, 0.15) is 12.8 Å². The Labute approximate surface area is 131 Å². The highest BCUT2D eigenvalue weighted by atomic mass is 35.5. The van der Waals surface area contributed by atoms with Crippen LogP contribution in [0.4, 0.5) is 5.69 Å². The molecule has 20 heavy (non-hydrogen) atoms. The Morgan fingerprint density at radius 3 is 3.00 bits per heavy atom. The predicted octanol–water partition coefficient (Wildman–Crippen LogP) is 2.38. The van der Waals surface area contributed by atoms with Crippen molar-refractivity contribution in [3.63, 3.8) is 0 Å². The third kappa shape index (κ3) is 4.94. The smallest absolute Gasteiger partial charge is 0.238 e. The highest BCUT2D eigenvalue weighted by Crippen LogP contribution is 2.17. The minimum absolute atomic E-state index is 0. The first kappa shape index (κ1) is 17.2. The number of hydrogen-bond acceptors (Lipinski definition) is 3. The number of halogens is 2. The van der Waals surface area contributed by atoms with E-state index in [1.165, 1.54) is 0 Å². The fourth-order valence-electron chi connectivity index (χ4n) is 2.52. The zero-order chi connectivity index (χ0) is 13.7. The monoisotopic (exact) mass is 317 g/mol. The Morgan fingerprint density at radius 1 is 1.50 bits per heavy atom. The number of carbonyl (C=O) groups excluding carboxylic acids is 1. The Morgan fingerprint density at radius 2 is 2.30 bits per heavy atom. The lowest BCUT2D eigenvalue weighted by atomic mass is 10.2. The van der Waals surface area contributed by atoms with Crippen LogP contribution in [0, 0.1) is 0 Å². The standard InChI is InChI=1S/C14H20ClN3O.ClH/c1-16-9-13-6-3-7-18(13)10-14(19)17-12-5-2-4-11(15)8-12;/h2,4-5,8,13,16H,3,6-7,9-10H2,1H3,(H,17,19);1H. The summed E-state index contributed by atoms with van der Waals surface area (Å²) in [7, 11) is 1.95. The Bertz CT molecular complexity index is 442. The number of nitrogens with zero attached hydrogens (tertiary/aromatic N) is 1. The van der Waals surface area contributed by atoms with E-state index in [9.17, 15) is 4.79 Å². The summed E-state index contributed by atoms with van der Waals surface area (Å²) in [5.41, 5.74) is 0.752. The number of rotatable bonds is 5. The molecule has 0 saturated carbocycles. The van der Waals surface area contributed by atoms with E-state index >= 15 is 0 Å². The molecular weight excluding hydrogens is 297 g/mol. The second kappa shape index (κ2) is 8.47. The Hall–Kier alpha value is -0.810. The number of likely N-dealkylation sites (N-methyl/N-ethyl adjacent to an activating group) is 1. The molecule has 6 heteroatoms. The molecule has 1 aliphatic rings. The quantitative estimate of drug-likeness (QED) is 0.876. The zero-order valence-electron chi connectivity index (χ0n) is 11.6. The minimum atomic E-state index is 0. The van der Waals surface area contributed by atoms with Crippen molar-refractivity contribution in [3.8, 4) is 0 Å². The summed E-state index contributed by atoms with van der Waals surface area (Å²) in [5, 5.41) is 6.70. The zero-order valence-corrected chi connectivity index (χ0v) is 13.1. The SMILES string of the molecule is CNCC1CCCN1CC(=O)Nc1cccc(Cl)c1.Cl. The lowest BCUT2D eigenvalue weighted by Gasteiger charge is -2.23. The van der Waals surface area contributed by atoms with Gasteiger partial charge in [0.05, 0.1) is 6.54 Å². The van der Waals surface area contributed by atoms with Crippen LogP contribution in [0.25, 0.3) is 0 Å². The highest BCUT2D eigenvalue weighted by Gasteiger charge is 2.25. The topological polar surface area (TPSA) is 44.4 Å². The van der Waals surface area contributed by atoms with Gasteiger partial charge in [-0.15, -0.1) is 12.4 Å². The highest BCUT2D eigenvalue weighted by molar-refractivity contribution is 6.30. The fraction of sp³-hybridized carbons (Fsp3) is 0.500. The molecule has 1 fully saturated rings. The Kier molecular flexibility index (Phi) is 7.30. The average Bonchev–Trinajstić information content (AvgIpc) is 2.77. The molecule has 2 N–H and O–H groups in total. The predicted molar refractivity (Wildman–Crippen MR) is 85.9 cm³/mol. The maximum absolute atomic E-state index is 12.0. The van der Waals surface area contributed by atoms with Crippen molar-refractivity contribution >= 4 is 35.6 Å². The van der Waals surface area contributed by atoms with Crippen LogP contribution >= 0.6 is 24.0 Å². The normalized spacial score (nSPS) is 18.6. The molecule has 0 bridgehead atoms. The summed E-state index contributed by atoms with van der Waals surface area (Å²) in [6.45, 7) is 2.37. The van der Waals surface area contributed by atoms with Crippen LogP contribution < -0.4 is 10.6 Å². The second-order valence-electron chi connectivity index (χ2n) is 4.88. The van der Waals surface area contributed by atoms with Crippen molar-refractivity contribution in [1.29, 1.82) is 0 Å². The van der Waals surface area contributed by atoms with Crippen LogP contribution in [-0.2, 0) is 4.79 Å². The number of benzene rings is 1. The molecule has 0 aromatic heterocycles. The minimum Gasteiger partial charge on any atom is -0.325 e. The van der Waals surface area contributed by atoms with Crippen molar-refractivity contribution in [3.05, 3.63) is 29.3 Å². The molecule has 1 amide bonds. The van der Waals surface area contributed by atoms with E-state index in [0.29, 0.717) is 17.6 Å². The maximum atomic E-state index is 12.0. The summed E-state index contributed by atoms with van der Waals surface area (Å²) in [6, 6.07) is 7.70. The number of anilines is 1. The van der Waals surface area contributed by atoms with Gasteiger partial charge >= 0.3 is 0 Å². The molecule has 0 aliphatic carbocycles. The van der Waals surface area contributed by atoms with E-state index in [1.54, 1.807) is 12.1 Å². The van der Waals surface area contributed by atoms with E-state index in [-0.39, 0.29) is 18.3 Å². The van der Waals surface area contributed by atoms with Crippen LogP contribution in [0.3, 0.4) is 0 Å². The molecule has 0 spiro atoms. The summed E-state index contributed by atoms with van der Waals surface area (Å²) in [6.07, 6.45) is 2.32. The van der Waals surface area contributed by atoms with Gasteiger partial charge in [0.15, 0.2) is 0 Å². The second-order valence-corrected chi connectivity index (χ2v) is 5.32. The third-order valence-corrected chi connectivity index (χ3v) is 3.63. The Balaban J connectivity index is 0.00000200. The first-order chi connectivity index (χ1) is 9.19. The van der Waals surface area contributed by atoms with Crippen LogP contribution in [0.15, 0.2) is 24.3 Å². The first-order valence-electron chi connectivity index (χ1n) is 6.63. The molecule has 1 atom stereocenters. The number of likely N-dealkylation sites (tertiary alicyclic amines) is 1. The van der Waals surface area contributed by atoms with E-state index < -0.39 is 0 Å². The molecule has 1 aromatic carbocycles. The fourth-order valence-corrected chi connectivity index (χ4v) is 2.71. The van der Waals surface area contributed by atoms with Gasteiger partial charge in [0, 0.05) is 23.3 Å². The van der Waals surface area contributed by atoms with Gasteiger partial charge in [0.2, 0.25) is 5.91 Å². The molecule has 1 aliphatic heterocycles. The van der Waals surface area contributed by atoms with Crippen molar-refractivity contribution < 1.29 is 4.79 Å². The van der Waals surface area contributed by atoms with Crippen LogP contribution in [0.2, 0.25) is 5.02 Å². The van der Waals surface area contributed by atoms with Gasteiger partial charge in [-0.3, -0.25) is 9.69 Å². The van der Waals surface area contributed by atoms with Gasteiger partial charge in [-0.25, -0.2) is 0 Å². The summed E-state index contributed by atoms with van der Waals surface area (Å²) in [5.74, 6) is 0.0188. The van der Waals surface area contributed by atoms with E-state index in [4.69, 9.17) is 11.6 Å². The molecule has 1 aromatic rings. The lowest BCUT2D eigenvalue weighted by Crippen LogP contribution is -2.41. The molecule has 1 saturated heterocycles. The number of carbonyl (C=O) groups is 1. The number of amides is 1. The average molecular weight is 318 g/mol. The van der Waals surface area contributed by atoms with E-state index in [1.807, 2.05) is 19.2 Å². The van der Waals surface area contributed by atoms with Gasteiger partial charge in [0.25, 0.3) is 0 Å². The maximum Gasteiger partial charge on any atom is 0.238 e. The van der Waals surface area contributed by atoms with Gasteiger partial charge < -0.3 is 10.6 Å². The van der Waals surface area contributed by atoms with Crippen LogP contribution in [0.5, 0.6) is 0 Å². The molecule has 4 nitrogen and oxygen atoms in total. The van der Waals surface area contributed by atoms with Gasteiger partial charge in [-0.2, -0.15) is 0 Å². The van der Waals surface area contributed by atoms with Crippen molar-refractivity contribution in [2.45, 2.75) is 18.9 Å². The molecular formula is C14H21Cl2N3O. The summed E-state index contributed by atoms with van der Waals surface area (Å²) < 4.78 is 0.